The highest BCUT2D eigenvalue weighted by Gasteiger charge is 2.00. The first kappa shape index (κ1) is 9.41. The van der Waals surface area contributed by atoms with Gasteiger partial charge in [-0.2, -0.15) is 0 Å². The Morgan fingerprint density at radius 1 is 1.67 bits per heavy atom. The highest BCUT2D eigenvalue weighted by atomic mass is 79.9. The Balaban J connectivity index is 2.75. The van der Waals surface area contributed by atoms with Gasteiger partial charge in [-0.25, -0.2) is 9.97 Å². The third kappa shape index (κ3) is 2.42. The summed E-state index contributed by atoms with van der Waals surface area (Å²) in [4.78, 5) is 8.32. The SMILES string of the molecule is Cc1cnc(Br)c(NCCN)n1. The monoisotopic (exact) mass is 230 g/mol. The summed E-state index contributed by atoms with van der Waals surface area (Å²) in [5, 5.41) is 3.06. The minimum Gasteiger partial charge on any atom is -0.367 e. The van der Waals surface area contributed by atoms with E-state index in [1.807, 2.05) is 6.92 Å². The van der Waals surface area contributed by atoms with E-state index in [9.17, 15) is 0 Å². The third-order valence-electron chi connectivity index (χ3n) is 1.29. The number of anilines is 1. The molecule has 0 aliphatic carbocycles. The fraction of sp³-hybridized carbons (Fsp3) is 0.429. The highest BCUT2D eigenvalue weighted by Crippen LogP contribution is 2.15. The minimum absolute atomic E-state index is 0.585. The van der Waals surface area contributed by atoms with E-state index in [0.717, 1.165) is 16.1 Å². The van der Waals surface area contributed by atoms with Crippen LogP contribution in [0.2, 0.25) is 0 Å². The molecule has 0 unspecified atom stereocenters. The topological polar surface area (TPSA) is 63.8 Å². The molecule has 12 heavy (non-hydrogen) atoms. The maximum Gasteiger partial charge on any atom is 0.159 e. The molecule has 0 aromatic carbocycles. The van der Waals surface area contributed by atoms with E-state index in [-0.39, 0.29) is 0 Å². The number of nitrogens with two attached hydrogens (primary N) is 1. The molecule has 1 rings (SSSR count). The Morgan fingerprint density at radius 3 is 3.08 bits per heavy atom. The van der Waals surface area contributed by atoms with E-state index in [1.165, 1.54) is 0 Å². The molecule has 0 aliphatic rings. The highest BCUT2D eigenvalue weighted by molar-refractivity contribution is 9.10. The van der Waals surface area contributed by atoms with Crippen LogP contribution in [0, 0.1) is 6.92 Å². The lowest BCUT2D eigenvalue weighted by Crippen LogP contribution is -2.14. The second-order valence-corrected chi connectivity index (χ2v) is 3.12. The van der Waals surface area contributed by atoms with E-state index >= 15 is 0 Å². The Morgan fingerprint density at radius 2 is 2.42 bits per heavy atom. The van der Waals surface area contributed by atoms with Crippen LogP contribution < -0.4 is 11.1 Å². The zero-order valence-corrected chi connectivity index (χ0v) is 8.43. The summed E-state index contributed by atoms with van der Waals surface area (Å²) >= 11 is 3.28. The van der Waals surface area contributed by atoms with Gasteiger partial charge < -0.3 is 11.1 Å². The molecule has 0 spiro atoms. The fourth-order valence-electron chi connectivity index (χ4n) is 0.766. The van der Waals surface area contributed by atoms with Crippen molar-refractivity contribution >= 4 is 21.7 Å². The van der Waals surface area contributed by atoms with Crippen molar-refractivity contribution in [2.24, 2.45) is 5.73 Å². The van der Waals surface area contributed by atoms with Gasteiger partial charge in [-0.05, 0) is 22.9 Å². The standard InChI is InChI=1S/C7H11BrN4/c1-5-4-11-6(8)7(12-5)10-3-2-9/h4H,2-3,9H2,1H3,(H,10,12). The van der Waals surface area contributed by atoms with Crippen molar-refractivity contribution in [2.75, 3.05) is 18.4 Å². The zero-order chi connectivity index (χ0) is 8.97. The van der Waals surface area contributed by atoms with Crippen molar-refractivity contribution in [1.29, 1.82) is 0 Å². The van der Waals surface area contributed by atoms with Crippen LogP contribution in [0.15, 0.2) is 10.8 Å². The average Bonchev–Trinajstić information content (AvgIpc) is 2.07. The van der Waals surface area contributed by atoms with Crippen LogP contribution in [-0.2, 0) is 0 Å². The first-order valence-corrected chi connectivity index (χ1v) is 4.46. The summed E-state index contributed by atoms with van der Waals surface area (Å²) in [6.07, 6.45) is 1.71. The Labute approximate surface area is 79.7 Å². The molecule has 0 aliphatic heterocycles. The largest absolute Gasteiger partial charge is 0.367 e. The van der Waals surface area contributed by atoms with Crippen molar-refractivity contribution < 1.29 is 0 Å². The number of halogens is 1. The zero-order valence-electron chi connectivity index (χ0n) is 6.84. The lowest BCUT2D eigenvalue weighted by molar-refractivity contribution is 0.988. The minimum atomic E-state index is 0.585. The van der Waals surface area contributed by atoms with Gasteiger partial charge >= 0.3 is 0 Å². The molecule has 0 saturated carbocycles. The second kappa shape index (κ2) is 4.37. The van der Waals surface area contributed by atoms with Crippen LogP contribution in [-0.4, -0.2) is 23.1 Å². The van der Waals surface area contributed by atoms with Gasteiger partial charge in [0, 0.05) is 19.3 Å². The number of hydrogen-bond acceptors (Lipinski definition) is 4. The van der Waals surface area contributed by atoms with Crippen molar-refractivity contribution in [3.8, 4) is 0 Å². The van der Waals surface area contributed by atoms with Crippen molar-refractivity contribution in [2.45, 2.75) is 6.92 Å². The van der Waals surface area contributed by atoms with Crippen LogP contribution in [0.1, 0.15) is 5.69 Å². The predicted molar refractivity (Wildman–Crippen MR) is 52.0 cm³/mol. The average molecular weight is 231 g/mol. The van der Waals surface area contributed by atoms with Gasteiger partial charge in [-0.15, -0.1) is 0 Å². The van der Waals surface area contributed by atoms with Crippen LogP contribution in [0.3, 0.4) is 0 Å². The molecule has 0 fully saturated rings. The molecule has 0 atom stereocenters. The third-order valence-corrected chi connectivity index (χ3v) is 1.87. The lowest BCUT2D eigenvalue weighted by Gasteiger charge is -2.05. The van der Waals surface area contributed by atoms with Crippen LogP contribution in [0.25, 0.3) is 0 Å². The first-order chi connectivity index (χ1) is 5.74. The number of rotatable bonds is 3. The Hall–Kier alpha value is -0.680. The molecule has 0 saturated heterocycles. The molecule has 66 valence electrons. The number of nitrogens with one attached hydrogen (secondary N) is 1. The number of nitrogens with zero attached hydrogens (tertiary/aromatic N) is 2. The molecule has 5 heteroatoms. The number of aromatic nitrogens is 2. The number of aryl methyl sites for hydroxylation is 1. The summed E-state index contributed by atoms with van der Waals surface area (Å²) in [6, 6.07) is 0. The van der Waals surface area contributed by atoms with Gasteiger partial charge in [-0.1, -0.05) is 0 Å². The second-order valence-electron chi connectivity index (χ2n) is 2.37. The Bertz CT molecular complexity index is 264. The summed E-state index contributed by atoms with van der Waals surface area (Å²) in [7, 11) is 0. The molecule has 1 heterocycles. The molecular formula is C7H11BrN4. The summed E-state index contributed by atoms with van der Waals surface area (Å²) < 4.78 is 0.724. The maximum atomic E-state index is 5.34. The van der Waals surface area contributed by atoms with E-state index in [4.69, 9.17) is 5.73 Å². The van der Waals surface area contributed by atoms with Gasteiger partial charge in [0.15, 0.2) is 5.82 Å². The van der Waals surface area contributed by atoms with Crippen molar-refractivity contribution in [3.63, 3.8) is 0 Å². The molecular weight excluding hydrogens is 220 g/mol. The smallest absolute Gasteiger partial charge is 0.159 e. The molecule has 0 bridgehead atoms. The summed E-state index contributed by atoms with van der Waals surface area (Å²) in [5.41, 5.74) is 6.23. The molecule has 1 aromatic rings. The first-order valence-electron chi connectivity index (χ1n) is 3.67. The van der Waals surface area contributed by atoms with E-state index in [1.54, 1.807) is 6.20 Å². The molecule has 0 radical (unpaired) electrons. The molecule has 3 N–H and O–H groups in total. The Kier molecular flexibility index (Phi) is 3.43. The van der Waals surface area contributed by atoms with Crippen molar-refractivity contribution in [3.05, 3.63) is 16.5 Å². The van der Waals surface area contributed by atoms with Gasteiger partial charge in [0.2, 0.25) is 0 Å². The van der Waals surface area contributed by atoms with Crippen LogP contribution >= 0.6 is 15.9 Å². The van der Waals surface area contributed by atoms with Crippen LogP contribution in [0.5, 0.6) is 0 Å². The van der Waals surface area contributed by atoms with Gasteiger partial charge in [-0.3, -0.25) is 0 Å². The van der Waals surface area contributed by atoms with E-state index in [0.29, 0.717) is 13.1 Å². The van der Waals surface area contributed by atoms with Crippen molar-refractivity contribution in [1.82, 2.24) is 9.97 Å². The lowest BCUT2D eigenvalue weighted by atomic mass is 10.5. The van der Waals surface area contributed by atoms with Gasteiger partial charge in [0.25, 0.3) is 0 Å². The maximum absolute atomic E-state index is 5.34. The molecule has 0 amide bonds. The summed E-state index contributed by atoms with van der Waals surface area (Å²) in [5.74, 6) is 0.750. The normalized spacial score (nSPS) is 9.92. The predicted octanol–water partition coefficient (Wildman–Crippen LogP) is 0.918. The van der Waals surface area contributed by atoms with Crippen LogP contribution in [0.4, 0.5) is 5.82 Å². The van der Waals surface area contributed by atoms with E-state index in [2.05, 4.69) is 31.2 Å². The molecule has 1 aromatic heterocycles. The summed E-state index contributed by atoms with van der Waals surface area (Å²) in [6.45, 7) is 3.19. The van der Waals surface area contributed by atoms with E-state index < -0.39 is 0 Å². The fourth-order valence-corrected chi connectivity index (χ4v) is 1.10. The number of hydrogen-bond donors (Lipinski definition) is 2. The van der Waals surface area contributed by atoms with Gasteiger partial charge in [0.05, 0.1) is 5.69 Å². The van der Waals surface area contributed by atoms with Gasteiger partial charge in [0.1, 0.15) is 4.60 Å². The molecule has 4 nitrogen and oxygen atoms in total. The quantitative estimate of drug-likeness (QED) is 0.811.